The standard InChI is InChI=1S/C14H11F3O2/c1-8(18)9-2-3-14(13(17)4-9)19-12-6-10(15)5-11(16)7-12/h2-8,18H,1H3/t8-/m1/s1. The minimum atomic E-state index is -0.810. The molecule has 2 aromatic carbocycles. The molecule has 0 saturated carbocycles. The van der Waals surface area contributed by atoms with Crippen LogP contribution in [0.1, 0.15) is 18.6 Å². The van der Waals surface area contributed by atoms with Crippen molar-refractivity contribution in [2.75, 3.05) is 0 Å². The van der Waals surface area contributed by atoms with E-state index in [4.69, 9.17) is 4.74 Å². The SMILES string of the molecule is C[C@@H](O)c1ccc(Oc2cc(F)cc(F)c2)c(F)c1. The Morgan fingerprint density at radius 3 is 2.16 bits per heavy atom. The fraction of sp³-hybridized carbons (Fsp3) is 0.143. The Bertz CT molecular complexity index is 577. The lowest BCUT2D eigenvalue weighted by atomic mass is 10.1. The van der Waals surface area contributed by atoms with Gasteiger partial charge < -0.3 is 9.84 Å². The van der Waals surface area contributed by atoms with Gasteiger partial charge in [0.2, 0.25) is 0 Å². The second-order valence-corrected chi connectivity index (χ2v) is 4.07. The smallest absolute Gasteiger partial charge is 0.166 e. The summed E-state index contributed by atoms with van der Waals surface area (Å²) in [5.74, 6) is -2.65. The number of benzene rings is 2. The van der Waals surface area contributed by atoms with Gasteiger partial charge in [0, 0.05) is 18.2 Å². The van der Waals surface area contributed by atoms with Crippen molar-refractivity contribution in [1.82, 2.24) is 0 Å². The van der Waals surface area contributed by atoms with Crippen molar-refractivity contribution in [1.29, 1.82) is 0 Å². The molecule has 5 heteroatoms. The Morgan fingerprint density at radius 1 is 1.00 bits per heavy atom. The van der Waals surface area contributed by atoms with Gasteiger partial charge in [0.15, 0.2) is 11.6 Å². The van der Waals surface area contributed by atoms with Gasteiger partial charge in [-0.05, 0) is 24.6 Å². The minimum Gasteiger partial charge on any atom is -0.454 e. The Labute approximate surface area is 108 Å². The van der Waals surface area contributed by atoms with Gasteiger partial charge in [-0.1, -0.05) is 6.07 Å². The van der Waals surface area contributed by atoms with Crippen LogP contribution in [-0.4, -0.2) is 5.11 Å². The molecule has 100 valence electrons. The number of aliphatic hydroxyl groups excluding tert-OH is 1. The van der Waals surface area contributed by atoms with Gasteiger partial charge in [-0.15, -0.1) is 0 Å². The molecule has 2 aromatic rings. The number of aliphatic hydroxyl groups is 1. The molecular formula is C14H11F3O2. The van der Waals surface area contributed by atoms with Gasteiger partial charge in [0.25, 0.3) is 0 Å². The van der Waals surface area contributed by atoms with Crippen LogP contribution in [0.15, 0.2) is 36.4 Å². The fourth-order valence-corrected chi connectivity index (χ4v) is 1.57. The van der Waals surface area contributed by atoms with Crippen LogP contribution in [0.4, 0.5) is 13.2 Å². The maximum Gasteiger partial charge on any atom is 0.166 e. The van der Waals surface area contributed by atoms with Crippen LogP contribution in [0, 0.1) is 17.5 Å². The molecule has 0 fully saturated rings. The molecule has 0 aromatic heterocycles. The fourth-order valence-electron chi connectivity index (χ4n) is 1.57. The van der Waals surface area contributed by atoms with E-state index >= 15 is 0 Å². The van der Waals surface area contributed by atoms with E-state index in [0.29, 0.717) is 11.6 Å². The van der Waals surface area contributed by atoms with Crippen molar-refractivity contribution in [3.05, 3.63) is 59.4 Å². The van der Waals surface area contributed by atoms with Crippen LogP contribution in [0.3, 0.4) is 0 Å². The number of hydrogen-bond donors (Lipinski definition) is 1. The highest BCUT2D eigenvalue weighted by Gasteiger charge is 2.10. The van der Waals surface area contributed by atoms with Gasteiger partial charge in [-0.25, -0.2) is 13.2 Å². The van der Waals surface area contributed by atoms with E-state index in [1.54, 1.807) is 0 Å². The number of hydrogen-bond acceptors (Lipinski definition) is 2. The predicted molar refractivity (Wildman–Crippen MR) is 63.5 cm³/mol. The van der Waals surface area contributed by atoms with E-state index in [2.05, 4.69) is 0 Å². The molecule has 0 radical (unpaired) electrons. The molecule has 0 spiro atoms. The molecule has 2 nitrogen and oxygen atoms in total. The average Bonchev–Trinajstić information content (AvgIpc) is 2.30. The van der Waals surface area contributed by atoms with Crippen LogP contribution in [0.25, 0.3) is 0 Å². The maximum atomic E-state index is 13.7. The van der Waals surface area contributed by atoms with Crippen molar-refractivity contribution >= 4 is 0 Å². The normalized spacial score (nSPS) is 12.3. The molecule has 0 aliphatic heterocycles. The van der Waals surface area contributed by atoms with E-state index in [1.807, 2.05) is 0 Å². The first-order chi connectivity index (χ1) is 8.95. The quantitative estimate of drug-likeness (QED) is 0.913. The van der Waals surface area contributed by atoms with Crippen LogP contribution >= 0.6 is 0 Å². The lowest BCUT2D eigenvalue weighted by Gasteiger charge is -2.10. The van der Waals surface area contributed by atoms with Crippen LogP contribution < -0.4 is 4.74 Å². The van der Waals surface area contributed by atoms with Crippen molar-refractivity contribution in [3.63, 3.8) is 0 Å². The highest BCUT2D eigenvalue weighted by atomic mass is 19.1. The van der Waals surface area contributed by atoms with Crippen molar-refractivity contribution in [2.24, 2.45) is 0 Å². The first-order valence-corrected chi connectivity index (χ1v) is 5.57. The van der Waals surface area contributed by atoms with Gasteiger partial charge in [-0.3, -0.25) is 0 Å². The molecule has 0 heterocycles. The molecule has 0 aliphatic rings. The summed E-state index contributed by atoms with van der Waals surface area (Å²) >= 11 is 0. The van der Waals surface area contributed by atoms with Crippen LogP contribution in [0.5, 0.6) is 11.5 Å². The molecule has 0 aliphatic carbocycles. The summed E-state index contributed by atoms with van der Waals surface area (Å²) in [5.41, 5.74) is 0.385. The van der Waals surface area contributed by atoms with E-state index in [9.17, 15) is 18.3 Å². The van der Waals surface area contributed by atoms with E-state index < -0.39 is 23.6 Å². The van der Waals surface area contributed by atoms with Gasteiger partial charge in [-0.2, -0.15) is 0 Å². The third-order valence-corrected chi connectivity index (χ3v) is 2.50. The summed E-state index contributed by atoms with van der Waals surface area (Å²) in [6.45, 7) is 1.50. The van der Waals surface area contributed by atoms with Gasteiger partial charge in [0.05, 0.1) is 6.10 Å². The molecule has 19 heavy (non-hydrogen) atoms. The van der Waals surface area contributed by atoms with Crippen molar-refractivity contribution in [3.8, 4) is 11.5 Å². The van der Waals surface area contributed by atoms with Gasteiger partial charge >= 0.3 is 0 Å². The van der Waals surface area contributed by atoms with E-state index in [0.717, 1.165) is 18.2 Å². The van der Waals surface area contributed by atoms with Crippen LogP contribution in [-0.2, 0) is 0 Å². The lowest BCUT2D eigenvalue weighted by molar-refractivity contribution is 0.198. The monoisotopic (exact) mass is 268 g/mol. The molecular weight excluding hydrogens is 257 g/mol. The van der Waals surface area contributed by atoms with Crippen molar-refractivity contribution in [2.45, 2.75) is 13.0 Å². The third-order valence-electron chi connectivity index (χ3n) is 2.50. The number of halogens is 3. The van der Waals surface area contributed by atoms with Crippen LogP contribution in [0.2, 0.25) is 0 Å². The first kappa shape index (κ1) is 13.4. The highest BCUT2D eigenvalue weighted by Crippen LogP contribution is 2.27. The summed E-state index contributed by atoms with van der Waals surface area (Å²) in [6.07, 6.45) is -0.810. The average molecular weight is 268 g/mol. The highest BCUT2D eigenvalue weighted by molar-refractivity contribution is 5.35. The number of ether oxygens (including phenoxy) is 1. The van der Waals surface area contributed by atoms with E-state index in [1.165, 1.54) is 19.1 Å². The van der Waals surface area contributed by atoms with Crippen molar-refractivity contribution < 1.29 is 23.0 Å². The Balaban J connectivity index is 2.28. The summed E-state index contributed by atoms with van der Waals surface area (Å²) in [4.78, 5) is 0. The largest absolute Gasteiger partial charge is 0.454 e. The summed E-state index contributed by atoms with van der Waals surface area (Å²) in [6, 6.07) is 6.46. The van der Waals surface area contributed by atoms with Gasteiger partial charge in [0.1, 0.15) is 17.4 Å². The summed E-state index contributed by atoms with van der Waals surface area (Å²) < 4.78 is 44.7. The predicted octanol–water partition coefficient (Wildman–Crippen LogP) is 3.95. The molecule has 0 unspecified atom stereocenters. The molecule has 2 rings (SSSR count). The third kappa shape index (κ3) is 3.26. The molecule has 0 amide bonds. The number of rotatable bonds is 3. The zero-order valence-corrected chi connectivity index (χ0v) is 10.0. The molecule has 1 atom stereocenters. The molecule has 0 saturated heterocycles. The first-order valence-electron chi connectivity index (χ1n) is 5.57. The summed E-state index contributed by atoms with van der Waals surface area (Å²) in [7, 11) is 0. The molecule has 0 bridgehead atoms. The Morgan fingerprint density at radius 2 is 1.63 bits per heavy atom. The molecule has 1 N–H and O–H groups in total. The Kier molecular flexibility index (Phi) is 3.76. The lowest BCUT2D eigenvalue weighted by Crippen LogP contribution is -1.95. The zero-order valence-electron chi connectivity index (χ0n) is 10.0. The second-order valence-electron chi connectivity index (χ2n) is 4.07. The minimum absolute atomic E-state index is 0.138. The second kappa shape index (κ2) is 5.32. The van der Waals surface area contributed by atoms with E-state index in [-0.39, 0.29) is 11.5 Å². The maximum absolute atomic E-state index is 13.7. The zero-order chi connectivity index (χ0) is 14.0. The topological polar surface area (TPSA) is 29.5 Å². The Hall–Kier alpha value is -2.01. The summed E-state index contributed by atoms with van der Waals surface area (Å²) in [5, 5.41) is 9.29.